The molecule has 0 atom stereocenters. The molecule has 96 valence electrons. The average Bonchev–Trinajstić information content (AvgIpc) is 2.01. The molecule has 0 spiro atoms. The van der Waals surface area contributed by atoms with Crippen LogP contribution in [-0.4, -0.2) is 45.8 Å². The summed E-state index contributed by atoms with van der Waals surface area (Å²) in [5.41, 5.74) is 0. The average molecular weight is 243 g/mol. The van der Waals surface area contributed by atoms with Crippen LogP contribution in [0.4, 0.5) is 0 Å². The minimum absolute atomic E-state index is 0. The minimum atomic E-state index is -3.92. The topological polar surface area (TPSA) is 81.0 Å². The first-order chi connectivity index (χ1) is 5.99. The molecule has 0 saturated heterocycles. The third kappa shape index (κ3) is 14.1. The van der Waals surface area contributed by atoms with Gasteiger partial charge in [0, 0.05) is 6.61 Å². The van der Waals surface area contributed by atoms with Gasteiger partial charge in [0.1, 0.15) is 6.29 Å². The Morgan fingerprint density at radius 1 is 1.20 bits per heavy atom. The van der Waals surface area contributed by atoms with Crippen molar-refractivity contribution in [2.24, 2.45) is 0 Å². The largest absolute Gasteiger partial charge is 0.396 e. The van der Waals surface area contributed by atoms with Gasteiger partial charge in [-0.2, -0.15) is 0 Å². The van der Waals surface area contributed by atoms with Crippen LogP contribution in [0.1, 0.15) is 34.6 Å². The molecule has 6 heteroatoms. The summed E-state index contributed by atoms with van der Waals surface area (Å²) in [5.74, 6) is 0. The lowest BCUT2D eigenvalue weighted by Gasteiger charge is -2.20. The fourth-order valence-electron chi connectivity index (χ4n) is 1.04. The molecule has 0 amide bonds. The Bertz CT molecular complexity index is 171. The number of aliphatic hydroxyl groups excluding tert-OH is 1. The lowest BCUT2D eigenvalue weighted by molar-refractivity contribution is 0.252. The summed E-state index contributed by atoms with van der Waals surface area (Å²) in [5, 5.41) is 8.51. The molecule has 0 saturated carbocycles. The van der Waals surface area contributed by atoms with E-state index in [0.717, 1.165) is 6.42 Å². The Hall–Kier alpha value is 0.0700. The third-order valence-corrected chi connectivity index (χ3v) is 2.48. The van der Waals surface area contributed by atoms with Gasteiger partial charge in [0.05, 0.1) is 0 Å². The van der Waals surface area contributed by atoms with E-state index in [9.17, 15) is 4.57 Å². The summed E-state index contributed by atoms with van der Waals surface area (Å²) >= 11 is 0. The molecule has 15 heavy (non-hydrogen) atoms. The molecule has 0 aliphatic carbocycles. The maximum absolute atomic E-state index is 10.6. The maximum Gasteiger partial charge on any atom is 0.339 e. The van der Waals surface area contributed by atoms with E-state index in [1.54, 1.807) is 4.90 Å². The Balaban J connectivity index is -0.000000720. The standard InChI is InChI=1S/C7H18NO4P.2CH4/c1-2-8(5-3-4-6-9)7-13(10,11)12;;/h9H,2-7H2,1H3,(H2,10,11,12);2*1H4. The SMILES string of the molecule is C.C.CCN(CCCCO)CP(=O)(O)O. The van der Waals surface area contributed by atoms with E-state index >= 15 is 0 Å². The highest BCUT2D eigenvalue weighted by atomic mass is 31.2. The highest BCUT2D eigenvalue weighted by molar-refractivity contribution is 7.51. The van der Waals surface area contributed by atoms with Crippen molar-refractivity contribution in [2.45, 2.75) is 34.6 Å². The van der Waals surface area contributed by atoms with E-state index in [4.69, 9.17) is 14.9 Å². The number of unbranched alkanes of at least 4 members (excludes halogenated alkanes) is 1. The van der Waals surface area contributed by atoms with Crippen molar-refractivity contribution in [3.8, 4) is 0 Å². The molecule has 5 nitrogen and oxygen atoms in total. The molecule has 3 N–H and O–H groups in total. The van der Waals surface area contributed by atoms with Crippen LogP contribution in [0.15, 0.2) is 0 Å². The molecule has 0 aromatic carbocycles. The molecule has 0 radical (unpaired) electrons. The quantitative estimate of drug-likeness (QED) is 0.466. The Morgan fingerprint density at radius 3 is 2.07 bits per heavy atom. The summed E-state index contributed by atoms with van der Waals surface area (Å²) < 4.78 is 10.6. The number of aliphatic hydroxyl groups is 1. The van der Waals surface area contributed by atoms with Gasteiger partial charge in [0.15, 0.2) is 0 Å². The molecule has 0 aliphatic rings. The van der Waals surface area contributed by atoms with E-state index in [1.165, 1.54) is 0 Å². The monoisotopic (exact) mass is 243 g/mol. The summed E-state index contributed by atoms with van der Waals surface area (Å²) in [6.45, 7) is 3.24. The highest BCUT2D eigenvalue weighted by Crippen LogP contribution is 2.34. The minimum Gasteiger partial charge on any atom is -0.396 e. The van der Waals surface area contributed by atoms with Crippen LogP contribution in [-0.2, 0) is 4.57 Å². The molecule has 0 aromatic heterocycles. The molecular formula is C9H26NO4P. The molecule has 0 fully saturated rings. The van der Waals surface area contributed by atoms with Crippen molar-refractivity contribution >= 4 is 7.60 Å². The number of nitrogens with zero attached hydrogens (tertiary/aromatic N) is 1. The van der Waals surface area contributed by atoms with Gasteiger partial charge in [-0.05, 0) is 25.9 Å². The zero-order valence-corrected chi connectivity index (χ0v) is 8.78. The fraction of sp³-hybridized carbons (Fsp3) is 1.00. The second-order valence-electron chi connectivity index (χ2n) is 2.95. The van der Waals surface area contributed by atoms with Gasteiger partial charge in [-0.1, -0.05) is 21.8 Å². The molecule has 0 bridgehead atoms. The summed E-state index contributed by atoms with van der Waals surface area (Å²) in [6.07, 6.45) is 1.26. The lowest BCUT2D eigenvalue weighted by atomic mass is 10.3. The summed E-state index contributed by atoms with van der Waals surface area (Å²) in [7, 11) is -3.92. The van der Waals surface area contributed by atoms with Crippen molar-refractivity contribution in [2.75, 3.05) is 26.0 Å². The number of hydrogen-bond acceptors (Lipinski definition) is 3. The van der Waals surface area contributed by atoms with Gasteiger partial charge < -0.3 is 14.9 Å². The maximum atomic E-state index is 10.6. The molecule has 0 rings (SSSR count). The zero-order chi connectivity index (χ0) is 10.3. The Morgan fingerprint density at radius 2 is 1.73 bits per heavy atom. The molecular weight excluding hydrogens is 217 g/mol. The first-order valence-corrected chi connectivity index (χ1v) is 6.17. The highest BCUT2D eigenvalue weighted by Gasteiger charge is 2.17. The number of hydrogen-bond donors (Lipinski definition) is 3. The van der Waals surface area contributed by atoms with Gasteiger partial charge in [-0.3, -0.25) is 9.46 Å². The predicted molar refractivity (Wildman–Crippen MR) is 63.9 cm³/mol. The normalized spacial score (nSPS) is 10.7. The van der Waals surface area contributed by atoms with Gasteiger partial charge in [0.2, 0.25) is 0 Å². The lowest BCUT2D eigenvalue weighted by Crippen LogP contribution is -2.25. The first-order valence-electron chi connectivity index (χ1n) is 4.37. The van der Waals surface area contributed by atoms with Gasteiger partial charge in [-0.25, -0.2) is 0 Å². The Kier molecular flexibility index (Phi) is 14.4. The Labute approximate surface area is 93.3 Å². The first kappa shape index (κ1) is 20.5. The fourth-order valence-corrected chi connectivity index (χ4v) is 1.90. The van der Waals surface area contributed by atoms with Crippen LogP contribution in [0.3, 0.4) is 0 Å². The van der Waals surface area contributed by atoms with Crippen molar-refractivity contribution in [3.63, 3.8) is 0 Å². The second kappa shape index (κ2) is 10.6. The van der Waals surface area contributed by atoms with Crippen LogP contribution in [0.2, 0.25) is 0 Å². The summed E-state index contributed by atoms with van der Waals surface area (Å²) in [4.78, 5) is 19.1. The smallest absolute Gasteiger partial charge is 0.339 e. The van der Waals surface area contributed by atoms with Crippen LogP contribution in [0.5, 0.6) is 0 Å². The van der Waals surface area contributed by atoms with Gasteiger partial charge in [-0.15, -0.1) is 0 Å². The van der Waals surface area contributed by atoms with Crippen LogP contribution in [0, 0.1) is 0 Å². The molecule has 0 aliphatic heterocycles. The van der Waals surface area contributed by atoms with Crippen molar-refractivity contribution < 1.29 is 19.5 Å². The molecule has 0 unspecified atom stereocenters. The van der Waals surface area contributed by atoms with E-state index < -0.39 is 7.60 Å². The summed E-state index contributed by atoms with van der Waals surface area (Å²) in [6, 6.07) is 0. The van der Waals surface area contributed by atoms with E-state index in [-0.39, 0.29) is 27.7 Å². The van der Waals surface area contributed by atoms with Crippen molar-refractivity contribution in [1.29, 1.82) is 0 Å². The predicted octanol–water partition coefficient (Wildman–Crippen LogP) is 1.49. The second-order valence-corrected chi connectivity index (χ2v) is 4.56. The zero-order valence-electron chi connectivity index (χ0n) is 7.89. The van der Waals surface area contributed by atoms with Crippen LogP contribution < -0.4 is 0 Å². The molecule has 0 aromatic rings. The van der Waals surface area contributed by atoms with E-state index in [0.29, 0.717) is 19.5 Å². The van der Waals surface area contributed by atoms with Gasteiger partial charge >= 0.3 is 7.60 Å². The van der Waals surface area contributed by atoms with E-state index in [1.807, 2.05) is 6.92 Å². The van der Waals surface area contributed by atoms with E-state index in [2.05, 4.69) is 0 Å². The third-order valence-electron chi connectivity index (χ3n) is 1.71. The van der Waals surface area contributed by atoms with Gasteiger partial charge in [0.25, 0.3) is 0 Å². The van der Waals surface area contributed by atoms with Crippen molar-refractivity contribution in [3.05, 3.63) is 0 Å². The van der Waals surface area contributed by atoms with Crippen LogP contribution >= 0.6 is 7.60 Å². The molecule has 0 heterocycles. The number of rotatable bonds is 7. The van der Waals surface area contributed by atoms with Crippen molar-refractivity contribution in [1.82, 2.24) is 4.90 Å². The van der Waals surface area contributed by atoms with Crippen LogP contribution in [0.25, 0.3) is 0 Å².